The summed E-state index contributed by atoms with van der Waals surface area (Å²) in [5, 5.41) is 3.31. The van der Waals surface area contributed by atoms with Gasteiger partial charge in [-0.1, -0.05) is 6.42 Å². The van der Waals surface area contributed by atoms with E-state index in [0.29, 0.717) is 11.9 Å². The monoisotopic (exact) mass is 306 g/mol. The molecule has 0 aromatic rings. The van der Waals surface area contributed by atoms with Gasteiger partial charge in [0.05, 0.1) is 6.04 Å². The van der Waals surface area contributed by atoms with Crippen molar-refractivity contribution in [3.63, 3.8) is 0 Å². The zero-order valence-corrected chi connectivity index (χ0v) is 13.6. The van der Waals surface area contributed by atoms with E-state index < -0.39 is 0 Å². The Morgan fingerprint density at radius 2 is 1.95 bits per heavy atom. The molecule has 124 valence electrons. The molecule has 2 saturated heterocycles. The summed E-state index contributed by atoms with van der Waals surface area (Å²) in [6.07, 6.45) is 10.0. The number of ether oxygens (including phenoxy) is 1. The third kappa shape index (κ3) is 2.92. The maximum Gasteiger partial charge on any atom is 0.237 e. The molecule has 0 radical (unpaired) electrons. The second kappa shape index (κ2) is 6.48. The molecule has 4 rings (SSSR count). The Kier molecular flexibility index (Phi) is 4.40. The fourth-order valence-electron chi connectivity index (χ4n) is 5.50. The fourth-order valence-corrected chi connectivity index (χ4v) is 5.50. The van der Waals surface area contributed by atoms with E-state index in [9.17, 15) is 4.79 Å². The van der Waals surface area contributed by atoms with Crippen molar-refractivity contribution < 1.29 is 9.53 Å². The van der Waals surface area contributed by atoms with E-state index in [1.807, 2.05) is 0 Å². The molecule has 4 aliphatic rings. The second-order valence-electron chi connectivity index (χ2n) is 7.92. The lowest BCUT2D eigenvalue weighted by atomic mass is 9.89. The summed E-state index contributed by atoms with van der Waals surface area (Å²) in [4.78, 5) is 15.1. The third-order valence-corrected chi connectivity index (χ3v) is 6.68. The number of hydrogen-bond acceptors (Lipinski definition) is 3. The molecule has 1 amide bonds. The highest BCUT2D eigenvalue weighted by Crippen LogP contribution is 2.47. The maximum absolute atomic E-state index is 12.7. The van der Waals surface area contributed by atoms with Crippen LogP contribution in [0.4, 0.5) is 0 Å². The number of hydrogen-bond donors (Lipinski definition) is 1. The minimum atomic E-state index is 0.127. The number of carbonyl (C=O) groups is 1. The Labute approximate surface area is 134 Å². The Balaban J connectivity index is 1.29. The summed E-state index contributed by atoms with van der Waals surface area (Å²) < 4.78 is 5.47. The van der Waals surface area contributed by atoms with Crippen LogP contribution in [0.3, 0.4) is 0 Å². The summed E-state index contributed by atoms with van der Waals surface area (Å²) in [7, 11) is 0. The number of carbonyl (C=O) groups excluding carboxylic acids is 1. The first-order chi connectivity index (χ1) is 10.8. The predicted octanol–water partition coefficient (Wildman–Crippen LogP) is 2.18. The Hall–Kier alpha value is -0.610. The zero-order chi connectivity index (χ0) is 14.9. The van der Waals surface area contributed by atoms with Crippen molar-refractivity contribution in [2.75, 3.05) is 26.3 Å². The summed E-state index contributed by atoms with van der Waals surface area (Å²) in [6, 6.07) is 0.691. The summed E-state index contributed by atoms with van der Waals surface area (Å²) in [6.45, 7) is 3.75. The minimum absolute atomic E-state index is 0.127. The lowest BCUT2D eigenvalue weighted by molar-refractivity contribution is -0.127. The Bertz CT molecular complexity index is 408. The number of likely N-dealkylation sites (tertiary alicyclic amines) is 1. The van der Waals surface area contributed by atoms with Crippen LogP contribution in [-0.4, -0.2) is 49.2 Å². The smallest absolute Gasteiger partial charge is 0.237 e. The average Bonchev–Trinajstić information content (AvgIpc) is 3.29. The molecular weight excluding hydrogens is 276 g/mol. The van der Waals surface area contributed by atoms with Gasteiger partial charge in [-0.15, -0.1) is 0 Å². The van der Waals surface area contributed by atoms with Crippen molar-refractivity contribution >= 4 is 5.91 Å². The molecule has 4 heteroatoms. The fraction of sp³-hybridized carbons (Fsp3) is 0.944. The van der Waals surface area contributed by atoms with Crippen molar-refractivity contribution in [3.8, 4) is 0 Å². The molecule has 22 heavy (non-hydrogen) atoms. The van der Waals surface area contributed by atoms with Crippen LogP contribution in [0, 0.1) is 17.8 Å². The SMILES string of the molecule is O=C(NC[C@H]1C[C@H]2CC[C@H]1C2)[C@H]1CCCN1C1CCOCC1. The molecule has 2 heterocycles. The highest BCUT2D eigenvalue weighted by atomic mass is 16.5. The number of rotatable bonds is 4. The van der Waals surface area contributed by atoms with Gasteiger partial charge in [-0.05, 0) is 69.2 Å². The molecule has 1 N–H and O–H groups in total. The van der Waals surface area contributed by atoms with Gasteiger partial charge in [0, 0.05) is 25.8 Å². The molecule has 4 nitrogen and oxygen atoms in total. The maximum atomic E-state index is 12.7. The summed E-state index contributed by atoms with van der Waals surface area (Å²) >= 11 is 0. The van der Waals surface area contributed by atoms with Crippen molar-refractivity contribution in [1.82, 2.24) is 10.2 Å². The molecule has 2 bridgehead atoms. The quantitative estimate of drug-likeness (QED) is 0.865. The predicted molar refractivity (Wildman–Crippen MR) is 85.5 cm³/mol. The highest BCUT2D eigenvalue weighted by Gasteiger charge is 2.40. The molecule has 2 aliphatic heterocycles. The summed E-state index contributed by atoms with van der Waals surface area (Å²) in [5.74, 6) is 2.94. The van der Waals surface area contributed by atoms with Gasteiger partial charge in [0.1, 0.15) is 0 Å². The molecular formula is C18H30N2O2. The normalized spacial score (nSPS) is 39.5. The van der Waals surface area contributed by atoms with E-state index in [2.05, 4.69) is 10.2 Å². The number of amides is 1. The van der Waals surface area contributed by atoms with Gasteiger partial charge >= 0.3 is 0 Å². The second-order valence-corrected chi connectivity index (χ2v) is 7.92. The van der Waals surface area contributed by atoms with E-state index in [1.165, 1.54) is 32.1 Å². The molecule has 0 aromatic heterocycles. The van der Waals surface area contributed by atoms with E-state index in [-0.39, 0.29) is 6.04 Å². The van der Waals surface area contributed by atoms with E-state index in [4.69, 9.17) is 4.74 Å². The topological polar surface area (TPSA) is 41.6 Å². The van der Waals surface area contributed by atoms with Crippen LogP contribution in [0.15, 0.2) is 0 Å². The standard InChI is InChI=1S/C18H30N2O2/c21-18(19-12-15-11-13-3-4-14(15)10-13)17-2-1-7-20(17)16-5-8-22-9-6-16/h13-17H,1-12H2,(H,19,21)/t13-,14-,15+,17+/m0/s1. The third-order valence-electron chi connectivity index (χ3n) is 6.68. The van der Waals surface area contributed by atoms with Crippen LogP contribution in [0.5, 0.6) is 0 Å². The molecule has 0 aromatic carbocycles. The minimum Gasteiger partial charge on any atom is -0.381 e. The van der Waals surface area contributed by atoms with Crippen LogP contribution in [0.25, 0.3) is 0 Å². The van der Waals surface area contributed by atoms with Gasteiger partial charge in [-0.2, -0.15) is 0 Å². The zero-order valence-electron chi connectivity index (χ0n) is 13.6. The van der Waals surface area contributed by atoms with Gasteiger partial charge in [-0.25, -0.2) is 0 Å². The van der Waals surface area contributed by atoms with Gasteiger partial charge in [0.25, 0.3) is 0 Å². The van der Waals surface area contributed by atoms with Crippen molar-refractivity contribution in [1.29, 1.82) is 0 Å². The van der Waals surface area contributed by atoms with Crippen molar-refractivity contribution in [2.45, 2.75) is 63.5 Å². The van der Waals surface area contributed by atoms with E-state index >= 15 is 0 Å². The first-order valence-corrected chi connectivity index (χ1v) is 9.42. The Morgan fingerprint density at radius 3 is 2.68 bits per heavy atom. The van der Waals surface area contributed by atoms with Crippen LogP contribution in [-0.2, 0) is 9.53 Å². The van der Waals surface area contributed by atoms with Crippen LogP contribution < -0.4 is 5.32 Å². The molecule has 2 saturated carbocycles. The van der Waals surface area contributed by atoms with Crippen LogP contribution >= 0.6 is 0 Å². The van der Waals surface area contributed by atoms with Gasteiger partial charge in [-0.3, -0.25) is 9.69 Å². The molecule has 4 atom stereocenters. The first kappa shape index (κ1) is 14.9. The largest absolute Gasteiger partial charge is 0.381 e. The number of nitrogens with one attached hydrogen (secondary N) is 1. The number of fused-ring (bicyclic) bond motifs is 2. The van der Waals surface area contributed by atoms with Crippen LogP contribution in [0.1, 0.15) is 51.4 Å². The Morgan fingerprint density at radius 1 is 1.09 bits per heavy atom. The van der Waals surface area contributed by atoms with Gasteiger partial charge < -0.3 is 10.1 Å². The summed E-state index contributed by atoms with van der Waals surface area (Å²) in [5.41, 5.74) is 0. The van der Waals surface area contributed by atoms with Crippen LogP contribution in [0.2, 0.25) is 0 Å². The average molecular weight is 306 g/mol. The lowest BCUT2D eigenvalue weighted by Gasteiger charge is -2.35. The van der Waals surface area contributed by atoms with E-state index in [1.54, 1.807) is 0 Å². The van der Waals surface area contributed by atoms with Gasteiger partial charge in [0.15, 0.2) is 0 Å². The van der Waals surface area contributed by atoms with Crippen molar-refractivity contribution in [2.24, 2.45) is 17.8 Å². The molecule has 4 fully saturated rings. The first-order valence-electron chi connectivity index (χ1n) is 9.42. The molecule has 0 spiro atoms. The number of nitrogens with zero attached hydrogens (tertiary/aromatic N) is 1. The highest BCUT2D eigenvalue weighted by molar-refractivity contribution is 5.82. The molecule has 2 aliphatic carbocycles. The lowest BCUT2D eigenvalue weighted by Crippen LogP contribution is -2.50. The van der Waals surface area contributed by atoms with E-state index in [0.717, 1.165) is 63.3 Å². The van der Waals surface area contributed by atoms with Crippen molar-refractivity contribution in [3.05, 3.63) is 0 Å². The molecule has 0 unspecified atom stereocenters. The van der Waals surface area contributed by atoms with Gasteiger partial charge in [0.2, 0.25) is 5.91 Å².